The van der Waals surface area contributed by atoms with E-state index in [1.54, 1.807) is 6.20 Å². The van der Waals surface area contributed by atoms with Gasteiger partial charge < -0.3 is 0 Å². The summed E-state index contributed by atoms with van der Waals surface area (Å²) in [6, 6.07) is 3.91. The first-order valence-corrected chi connectivity index (χ1v) is 5.95. The molecule has 1 aliphatic rings. The van der Waals surface area contributed by atoms with Gasteiger partial charge in [-0.25, -0.2) is 0 Å². The van der Waals surface area contributed by atoms with Crippen LogP contribution in [0.25, 0.3) is 0 Å². The van der Waals surface area contributed by atoms with Crippen molar-refractivity contribution < 1.29 is 4.79 Å². The predicted octanol–water partition coefficient (Wildman–Crippen LogP) is -0.506. The molecule has 1 aromatic heterocycles. The third-order valence-electron chi connectivity index (χ3n) is 1.50. The fraction of sp³-hybridized carbons (Fsp3) is 0.143. The molecule has 1 aromatic rings. The van der Waals surface area contributed by atoms with Crippen LogP contribution < -0.4 is 3.71 Å². The SMILES string of the molecule is O=[C]1Cc2cccn[c]2[Sn]1. The summed E-state index contributed by atoms with van der Waals surface area (Å²) in [7, 11) is 0. The Morgan fingerprint density at radius 2 is 2.50 bits per heavy atom. The van der Waals surface area contributed by atoms with Crippen LogP contribution in [-0.2, 0) is 11.2 Å². The van der Waals surface area contributed by atoms with Gasteiger partial charge in [0.05, 0.1) is 0 Å². The van der Waals surface area contributed by atoms with Crippen LogP contribution in [0.1, 0.15) is 5.56 Å². The average molecular weight is 238 g/mol. The van der Waals surface area contributed by atoms with E-state index >= 15 is 0 Å². The number of nitrogens with zero attached hydrogens (tertiary/aromatic N) is 1. The predicted molar refractivity (Wildman–Crippen MR) is 38.3 cm³/mol. The molecule has 0 unspecified atom stereocenters. The van der Waals surface area contributed by atoms with Crippen molar-refractivity contribution >= 4 is 28.7 Å². The molecule has 1 aliphatic heterocycles. The number of carbonyl (C=O) groups excluding carboxylic acids is 1. The number of aromatic nitrogens is 1. The van der Waals surface area contributed by atoms with Crippen LogP contribution in [0.5, 0.6) is 0 Å². The Labute approximate surface area is 68.9 Å². The second kappa shape index (κ2) is 2.34. The van der Waals surface area contributed by atoms with Crippen LogP contribution in [0.3, 0.4) is 0 Å². The molecule has 10 heavy (non-hydrogen) atoms. The summed E-state index contributed by atoms with van der Waals surface area (Å²) < 4.78 is 1.59. The molecule has 2 nitrogen and oxygen atoms in total. The second-order valence-electron chi connectivity index (χ2n) is 2.24. The van der Waals surface area contributed by atoms with Crippen molar-refractivity contribution in [2.45, 2.75) is 6.42 Å². The molecule has 2 rings (SSSR count). The van der Waals surface area contributed by atoms with E-state index in [1.165, 1.54) is 5.56 Å². The van der Waals surface area contributed by atoms with Crippen molar-refractivity contribution in [2.24, 2.45) is 0 Å². The van der Waals surface area contributed by atoms with E-state index in [0.29, 0.717) is 10.2 Å². The molecule has 0 aromatic carbocycles. The van der Waals surface area contributed by atoms with Gasteiger partial charge in [0, 0.05) is 0 Å². The van der Waals surface area contributed by atoms with E-state index in [9.17, 15) is 4.79 Å². The first kappa shape index (κ1) is 6.34. The van der Waals surface area contributed by atoms with E-state index in [2.05, 4.69) is 4.98 Å². The molecule has 2 radical (unpaired) electrons. The molecule has 0 amide bonds. The summed E-state index contributed by atoms with van der Waals surface area (Å²) in [6.45, 7) is 0. The number of pyridine rings is 1. The van der Waals surface area contributed by atoms with Gasteiger partial charge in [-0.1, -0.05) is 0 Å². The van der Waals surface area contributed by atoms with E-state index < -0.39 is 21.1 Å². The summed E-state index contributed by atoms with van der Waals surface area (Å²) in [5.41, 5.74) is 1.18. The zero-order valence-corrected chi connectivity index (χ0v) is 8.15. The first-order valence-electron chi connectivity index (χ1n) is 3.10. The number of hydrogen-bond acceptors (Lipinski definition) is 2. The third-order valence-corrected chi connectivity index (χ3v) is 4.76. The molecule has 0 fully saturated rings. The molecule has 0 atom stereocenters. The summed E-state index contributed by atoms with van der Waals surface area (Å²) in [5, 5.41) is 0. The van der Waals surface area contributed by atoms with Crippen molar-refractivity contribution in [3.63, 3.8) is 0 Å². The molecule has 0 N–H and O–H groups in total. The Morgan fingerprint density at radius 3 is 3.30 bits per heavy atom. The number of hydrogen-bond donors (Lipinski definition) is 0. The standard InChI is InChI=1S/C7H5NO.Sn/c9-5-3-7-2-1-4-8-6-7;/h1-2,4H,3H2;. The van der Waals surface area contributed by atoms with E-state index in [4.69, 9.17) is 0 Å². The molecule has 0 spiro atoms. The fourth-order valence-electron chi connectivity index (χ4n) is 1.04. The molecular weight excluding hydrogens is 233 g/mol. The molecule has 0 saturated carbocycles. The first-order chi connectivity index (χ1) is 4.86. The molecule has 2 heterocycles. The third kappa shape index (κ3) is 0.963. The molecule has 3 heteroatoms. The van der Waals surface area contributed by atoms with Gasteiger partial charge in [0.15, 0.2) is 0 Å². The monoisotopic (exact) mass is 239 g/mol. The van der Waals surface area contributed by atoms with Crippen molar-refractivity contribution in [1.29, 1.82) is 0 Å². The van der Waals surface area contributed by atoms with Crippen LogP contribution >= 0.6 is 0 Å². The van der Waals surface area contributed by atoms with Gasteiger partial charge >= 0.3 is 68.7 Å². The number of carbonyl (C=O) groups is 1. The average Bonchev–Trinajstić information content (AvgIpc) is 2.27. The van der Waals surface area contributed by atoms with Gasteiger partial charge in [-0.15, -0.1) is 0 Å². The molecule has 0 bridgehead atoms. The van der Waals surface area contributed by atoms with Crippen LogP contribution in [0.4, 0.5) is 0 Å². The zero-order valence-electron chi connectivity index (χ0n) is 5.29. The summed E-state index contributed by atoms with van der Waals surface area (Å²) in [6.07, 6.45) is 2.44. The van der Waals surface area contributed by atoms with Gasteiger partial charge in [0.25, 0.3) is 0 Å². The van der Waals surface area contributed by atoms with E-state index in [-0.39, 0.29) is 0 Å². The Kier molecular flexibility index (Phi) is 1.48. The normalized spacial score (nSPS) is 15.4. The molecule has 0 saturated heterocycles. The molecule has 48 valence electrons. The van der Waals surface area contributed by atoms with Crippen LogP contribution in [-0.4, -0.2) is 29.9 Å². The summed E-state index contributed by atoms with van der Waals surface area (Å²) in [5.74, 6) is 0. The van der Waals surface area contributed by atoms with Crippen molar-refractivity contribution in [3.8, 4) is 0 Å². The topological polar surface area (TPSA) is 30.0 Å². The van der Waals surface area contributed by atoms with Crippen LogP contribution in [0, 0.1) is 0 Å². The van der Waals surface area contributed by atoms with Gasteiger partial charge in [-0.2, -0.15) is 0 Å². The van der Waals surface area contributed by atoms with E-state index in [0.717, 1.165) is 3.71 Å². The van der Waals surface area contributed by atoms with Gasteiger partial charge in [0.1, 0.15) is 0 Å². The second-order valence-corrected chi connectivity index (χ2v) is 5.89. The minimum atomic E-state index is -0.897. The number of fused-ring (bicyclic) bond motifs is 1. The zero-order chi connectivity index (χ0) is 6.97. The van der Waals surface area contributed by atoms with Crippen molar-refractivity contribution in [2.75, 3.05) is 0 Å². The number of rotatable bonds is 0. The molecule has 0 aliphatic carbocycles. The van der Waals surface area contributed by atoms with Gasteiger partial charge in [0.2, 0.25) is 0 Å². The van der Waals surface area contributed by atoms with Crippen LogP contribution in [0.15, 0.2) is 18.3 Å². The maximum atomic E-state index is 10.9. The Bertz CT molecular complexity index is 258. The Balaban J connectivity index is 2.51. The van der Waals surface area contributed by atoms with Crippen LogP contribution in [0.2, 0.25) is 0 Å². The molecular formula is C7H5NOSn. The Morgan fingerprint density at radius 1 is 1.60 bits per heavy atom. The van der Waals surface area contributed by atoms with Gasteiger partial charge in [-0.05, 0) is 0 Å². The fourth-order valence-corrected chi connectivity index (χ4v) is 3.94. The summed E-state index contributed by atoms with van der Waals surface area (Å²) in [4.78, 5) is 15.1. The quantitative estimate of drug-likeness (QED) is 0.570. The van der Waals surface area contributed by atoms with Crippen molar-refractivity contribution in [1.82, 2.24) is 4.98 Å². The summed E-state index contributed by atoms with van der Waals surface area (Å²) >= 11 is -0.897. The van der Waals surface area contributed by atoms with E-state index in [1.807, 2.05) is 12.1 Å². The maximum absolute atomic E-state index is 10.9. The van der Waals surface area contributed by atoms with Gasteiger partial charge in [-0.3, -0.25) is 0 Å². The Hall–Kier alpha value is -0.381. The minimum absolute atomic E-state index is 0.456. The van der Waals surface area contributed by atoms with Crippen molar-refractivity contribution in [3.05, 3.63) is 23.9 Å².